The summed E-state index contributed by atoms with van der Waals surface area (Å²) in [4.78, 5) is 11.8. The number of hydrogen-bond donors (Lipinski definition) is 2. The molecule has 0 aliphatic heterocycles. The molecule has 1 fully saturated rings. The smallest absolute Gasteiger partial charge is 0.291 e. The van der Waals surface area contributed by atoms with Gasteiger partial charge in [-0.15, -0.1) is 10.2 Å². The third-order valence-corrected chi connectivity index (χ3v) is 4.44. The lowest BCUT2D eigenvalue weighted by molar-refractivity contribution is 0.262. The van der Waals surface area contributed by atoms with Crippen molar-refractivity contribution in [1.29, 1.82) is 0 Å². The van der Waals surface area contributed by atoms with E-state index >= 15 is 0 Å². The maximum Gasteiger partial charge on any atom is 0.326 e. The standard InChI is InChI=1S/C13H18N6OS/c1-19-7-6-10(18-19)14-12(20)15-13-17-16-11(21-13)8-9-4-2-3-5-9/h6-7,9H,2-5,8H2,1H3,(H2,14,15,17,18,20). The van der Waals surface area contributed by atoms with Crippen molar-refractivity contribution in [2.75, 3.05) is 10.6 Å². The summed E-state index contributed by atoms with van der Waals surface area (Å²) in [5, 5.41) is 19.1. The van der Waals surface area contributed by atoms with Crippen molar-refractivity contribution < 1.29 is 4.79 Å². The van der Waals surface area contributed by atoms with E-state index < -0.39 is 0 Å². The van der Waals surface area contributed by atoms with Crippen molar-refractivity contribution in [1.82, 2.24) is 20.0 Å². The number of rotatable bonds is 4. The van der Waals surface area contributed by atoms with Crippen LogP contribution in [0.5, 0.6) is 0 Å². The number of anilines is 2. The number of hydrogen-bond acceptors (Lipinski definition) is 5. The molecule has 2 aromatic heterocycles. The third-order valence-electron chi connectivity index (χ3n) is 3.58. The van der Waals surface area contributed by atoms with Gasteiger partial charge in [-0.05, 0) is 5.92 Å². The lowest BCUT2D eigenvalue weighted by Gasteiger charge is -2.03. The van der Waals surface area contributed by atoms with Gasteiger partial charge < -0.3 is 0 Å². The molecule has 1 aliphatic carbocycles. The Morgan fingerprint density at radius 3 is 2.90 bits per heavy atom. The molecule has 0 aromatic carbocycles. The molecule has 2 aromatic rings. The minimum absolute atomic E-state index is 0.350. The van der Waals surface area contributed by atoms with Crippen molar-refractivity contribution in [3.05, 3.63) is 17.3 Å². The molecular formula is C13H18N6OS. The third kappa shape index (κ3) is 3.78. The molecule has 112 valence electrons. The van der Waals surface area contributed by atoms with E-state index in [9.17, 15) is 4.79 Å². The molecule has 8 heteroatoms. The summed E-state index contributed by atoms with van der Waals surface area (Å²) in [6, 6.07) is 1.38. The van der Waals surface area contributed by atoms with E-state index in [1.807, 2.05) is 0 Å². The lowest BCUT2D eigenvalue weighted by Crippen LogP contribution is -2.19. The monoisotopic (exact) mass is 306 g/mol. The van der Waals surface area contributed by atoms with Crippen molar-refractivity contribution in [2.24, 2.45) is 13.0 Å². The highest BCUT2D eigenvalue weighted by atomic mass is 32.1. The van der Waals surface area contributed by atoms with Crippen LogP contribution >= 0.6 is 11.3 Å². The van der Waals surface area contributed by atoms with Gasteiger partial charge in [0.15, 0.2) is 5.82 Å². The summed E-state index contributed by atoms with van der Waals surface area (Å²) in [6.45, 7) is 0. The molecule has 3 rings (SSSR count). The van der Waals surface area contributed by atoms with Gasteiger partial charge in [-0.3, -0.25) is 15.3 Å². The normalized spacial score (nSPS) is 15.3. The number of nitrogens with one attached hydrogen (secondary N) is 2. The molecule has 0 radical (unpaired) electrons. The fourth-order valence-corrected chi connectivity index (χ4v) is 3.42. The van der Waals surface area contributed by atoms with Crippen LogP contribution in [0, 0.1) is 5.92 Å². The Labute approximate surface area is 126 Å². The van der Waals surface area contributed by atoms with Crippen LogP contribution in [-0.4, -0.2) is 26.0 Å². The second-order valence-corrected chi connectivity index (χ2v) is 6.37. The molecular weight excluding hydrogens is 288 g/mol. The SMILES string of the molecule is Cn1ccc(NC(=O)Nc2nnc(CC3CCCC3)s2)n1. The highest BCUT2D eigenvalue weighted by molar-refractivity contribution is 7.15. The van der Waals surface area contributed by atoms with Crippen LogP contribution in [0.2, 0.25) is 0 Å². The van der Waals surface area contributed by atoms with Crippen LogP contribution in [0.1, 0.15) is 30.7 Å². The summed E-state index contributed by atoms with van der Waals surface area (Å²) in [6.07, 6.45) is 7.94. The Bertz CT molecular complexity index is 616. The lowest BCUT2D eigenvalue weighted by atomic mass is 10.1. The molecule has 2 heterocycles. The van der Waals surface area contributed by atoms with Crippen LogP contribution in [0.25, 0.3) is 0 Å². The van der Waals surface area contributed by atoms with Crippen molar-refractivity contribution in [3.8, 4) is 0 Å². The number of aromatic nitrogens is 4. The zero-order valence-corrected chi connectivity index (χ0v) is 12.7. The van der Waals surface area contributed by atoms with Crippen molar-refractivity contribution >= 4 is 28.3 Å². The van der Waals surface area contributed by atoms with Crippen molar-refractivity contribution in [2.45, 2.75) is 32.1 Å². The summed E-state index contributed by atoms with van der Waals surface area (Å²) >= 11 is 1.44. The minimum atomic E-state index is -0.350. The second-order valence-electron chi connectivity index (χ2n) is 5.31. The molecule has 0 unspecified atom stereocenters. The quantitative estimate of drug-likeness (QED) is 0.909. The van der Waals surface area contributed by atoms with E-state index in [-0.39, 0.29) is 6.03 Å². The van der Waals surface area contributed by atoms with Crippen LogP contribution < -0.4 is 10.6 Å². The Kier molecular flexibility index (Phi) is 4.14. The largest absolute Gasteiger partial charge is 0.326 e. The average molecular weight is 306 g/mol. The predicted octanol–water partition coefficient (Wildman–Crippen LogP) is 2.65. The van der Waals surface area contributed by atoms with Gasteiger partial charge in [0, 0.05) is 25.7 Å². The highest BCUT2D eigenvalue weighted by Crippen LogP contribution is 2.29. The van der Waals surface area contributed by atoms with E-state index in [1.165, 1.54) is 37.0 Å². The fourth-order valence-electron chi connectivity index (χ4n) is 2.57. The number of aryl methyl sites for hydroxylation is 1. The van der Waals surface area contributed by atoms with E-state index in [2.05, 4.69) is 25.9 Å². The van der Waals surface area contributed by atoms with Gasteiger partial charge in [0.25, 0.3) is 0 Å². The molecule has 1 aliphatic rings. The Morgan fingerprint density at radius 1 is 1.38 bits per heavy atom. The Hall–Kier alpha value is -1.96. The maximum absolute atomic E-state index is 11.8. The molecule has 21 heavy (non-hydrogen) atoms. The summed E-state index contributed by atoms with van der Waals surface area (Å²) in [5.41, 5.74) is 0. The molecule has 0 saturated heterocycles. The summed E-state index contributed by atoms with van der Waals surface area (Å²) in [7, 11) is 1.79. The number of carbonyl (C=O) groups is 1. The van der Waals surface area contributed by atoms with E-state index in [4.69, 9.17) is 0 Å². The van der Waals surface area contributed by atoms with Crippen molar-refractivity contribution in [3.63, 3.8) is 0 Å². The van der Waals surface area contributed by atoms with Gasteiger partial charge in [0.2, 0.25) is 5.13 Å². The molecule has 0 atom stereocenters. The number of nitrogens with zero attached hydrogens (tertiary/aromatic N) is 4. The van der Waals surface area contributed by atoms with Gasteiger partial charge in [-0.25, -0.2) is 4.79 Å². The first-order chi connectivity index (χ1) is 10.2. The number of amides is 2. The van der Waals surface area contributed by atoms with Gasteiger partial charge in [0.05, 0.1) is 0 Å². The minimum Gasteiger partial charge on any atom is -0.291 e. The van der Waals surface area contributed by atoms with E-state index in [0.717, 1.165) is 17.3 Å². The van der Waals surface area contributed by atoms with Gasteiger partial charge in [0.1, 0.15) is 5.01 Å². The average Bonchev–Trinajstić information content (AvgIpc) is 3.15. The second kappa shape index (κ2) is 6.21. The zero-order valence-electron chi connectivity index (χ0n) is 11.9. The molecule has 1 saturated carbocycles. The first-order valence-corrected chi connectivity index (χ1v) is 7.91. The summed E-state index contributed by atoms with van der Waals surface area (Å²) < 4.78 is 1.63. The molecule has 2 amide bonds. The molecule has 0 spiro atoms. The van der Waals surface area contributed by atoms with Gasteiger partial charge in [-0.1, -0.05) is 37.0 Å². The van der Waals surface area contributed by atoms with Crippen LogP contribution in [-0.2, 0) is 13.5 Å². The van der Waals surface area contributed by atoms with Crippen LogP contribution in [0.3, 0.4) is 0 Å². The maximum atomic E-state index is 11.8. The van der Waals surface area contributed by atoms with Crippen LogP contribution in [0.15, 0.2) is 12.3 Å². The molecule has 0 bridgehead atoms. The Balaban J connectivity index is 1.52. The van der Waals surface area contributed by atoms with E-state index in [0.29, 0.717) is 10.9 Å². The number of urea groups is 1. The zero-order chi connectivity index (χ0) is 14.7. The first kappa shape index (κ1) is 14.0. The fraction of sp³-hybridized carbons (Fsp3) is 0.538. The molecule has 2 N–H and O–H groups in total. The summed E-state index contributed by atoms with van der Waals surface area (Å²) in [5.74, 6) is 1.24. The highest BCUT2D eigenvalue weighted by Gasteiger charge is 2.18. The van der Waals surface area contributed by atoms with Crippen LogP contribution in [0.4, 0.5) is 15.7 Å². The predicted molar refractivity (Wildman–Crippen MR) is 81.4 cm³/mol. The Morgan fingerprint density at radius 2 is 2.19 bits per heavy atom. The number of carbonyl (C=O) groups excluding carboxylic acids is 1. The van der Waals surface area contributed by atoms with Gasteiger partial charge >= 0.3 is 6.03 Å². The first-order valence-electron chi connectivity index (χ1n) is 7.09. The topological polar surface area (TPSA) is 84.7 Å². The van der Waals surface area contributed by atoms with Gasteiger partial charge in [-0.2, -0.15) is 5.10 Å². The van der Waals surface area contributed by atoms with E-state index in [1.54, 1.807) is 24.0 Å². The molecule has 7 nitrogen and oxygen atoms in total.